The molecule has 0 aliphatic rings. The van der Waals surface area contributed by atoms with Crippen LogP contribution < -0.4 is 10.4 Å². The van der Waals surface area contributed by atoms with Crippen LogP contribution in [0.5, 0.6) is 0 Å². The molecule has 0 amide bonds. The number of fused-ring (bicyclic) bond motifs is 2. The van der Waals surface area contributed by atoms with Gasteiger partial charge in [0.1, 0.15) is 0 Å². The summed E-state index contributed by atoms with van der Waals surface area (Å²) in [6.45, 7) is 0. The summed E-state index contributed by atoms with van der Waals surface area (Å²) in [5.41, 5.74) is 0. The number of benzene rings is 4. The van der Waals surface area contributed by atoms with Crippen molar-refractivity contribution in [3.05, 3.63) is 84.9 Å². The van der Waals surface area contributed by atoms with E-state index >= 15 is 0 Å². The van der Waals surface area contributed by atoms with E-state index in [-0.39, 0.29) is 0 Å². The fourth-order valence-electron chi connectivity index (χ4n) is 3.54. The molecule has 12 heteroatoms. The van der Waals surface area contributed by atoms with Gasteiger partial charge in [0.05, 0.1) is 0 Å². The second-order valence-electron chi connectivity index (χ2n) is 6.91. The fourth-order valence-corrected chi connectivity index (χ4v) is 7.86. The van der Waals surface area contributed by atoms with Gasteiger partial charge in [-0.3, -0.25) is 0 Å². The van der Waals surface area contributed by atoms with Crippen LogP contribution >= 0.6 is 58.8 Å². The van der Waals surface area contributed by atoms with E-state index in [0.717, 1.165) is 31.9 Å². The Morgan fingerprint density at radius 3 is 1.29 bits per heavy atom. The Labute approximate surface area is 240 Å². The summed E-state index contributed by atoms with van der Waals surface area (Å²) in [6.07, 6.45) is 0. The predicted molar refractivity (Wildman–Crippen MR) is 161 cm³/mol. The van der Waals surface area contributed by atoms with Gasteiger partial charge in [0.2, 0.25) is 0 Å². The van der Waals surface area contributed by atoms with Gasteiger partial charge in [0.25, 0.3) is 0 Å². The quantitative estimate of drug-likeness (QED) is 0.156. The number of rotatable bonds is 5. The van der Waals surface area contributed by atoms with Crippen LogP contribution in [-0.4, -0.2) is 54.3 Å². The van der Waals surface area contributed by atoms with E-state index < -0.39 is 33.0 Å². The molecular weight excluding hydrogens is 802 g/mol. The van der Waals surface area contributed by atoms with E-state index in [1.54, 1.807) is 21.3 Å². The Balaban J connectivity index is 0.000000217. The van der Waals surface area contributed by atoms with E-state index in [9.17, 15) is 0 Å². The van der Waals surface area contributed by atoms with E-state index in [2.05, 4.69) is 18.2 Å². The molecule has 0 aromatic heterocycles. The van der Waals surface area contributed by atoms with Crippen molar-refractivity contribution >= 4 is 124 Å². The monoisotopic (exact) mass is 822 g/mol. The molecule has 0 radical (unpaired) electrons. The van der Waals surface area contributed by atoms with E-state index in [0.29, 0.717) is 0 Å². The summed E-state index contributed by atoms with van der Waals surface area (Å²) in [7, 11) is 17.1. The third kappa shape index (κ3) is 8.95. The third-order valence-corrected chi connectivity index (χ3v) is 10.6. The molecule has 0 spiro atoms. The van der Waals surface area contributed by atoms with Gasteiger partial charge < -0.3 is 13.3 Å². The molecule has 0 heterocycles. The molecule has 4 aromatic carbocycles. The Hall–Kier alpha value is 0.337. The maximum absolute atomic E-state index is 6.01. The predicted octanol–water partition coefficient (Wildman–Crippen LogP) is 7.31. The van der Waals surface area contributed by atoms with Crippen molar-refractivity contribution in [2.75, 3.05) is 21.3 Å². The standard InChI is InChI=1S/C13H16O3Si.C10H7Cl3Si.Bi.3ClH/c1-14-17(15-2,16-3)13-10-6-8-11-7-4-5-9-12(11)13;11-14(12,13)10-7-3-5-8-4-1-2-6-9(8)10;;;;/h4-10H,1-3H3;1-7H;;3*1H/q;;+3;;;/p-3. The molecule has 0 unspecified atom stereocenters. The first kappa shape index (κ1) is 31.6. The Bertz CT molecular complexity index is 1200. The van der Waals surface area contributed by atoms with Crippen LogP contribution in [0, 0.1) is 0 Å². The van der Waals surface area contributed by atoms with E-state index in [1.807, 2.05) is 66.7 Å². The zero-order chi connectivity index (χ0) is 26.1. The summed E-state index contributed by atoms with van der Waals surface area (Å²) in [4.78, 5) is 0. The Kier molecular flexibility index (Phi) is 13.6. The SMILES string of the molecule is CO[Si](OC)(OC)c1cccc2ccccc12.Cl[Si](Cl)(Cl)c1cccc2ccccc12.[Cl][Bi]([Cl])[Cl]. The number of hydrogen-bond acceptors (Lipinski definition) is 3. The molecule has 35 heavy (non-hydrogen) atoms. The first-order valence-corrected chi connectivity index (χ1v) is 29.7. The van der Waals surface area contributed by atoms with Crippen LogP contribution in [0.15, 0.2) is 84.9 Å². The fraction of sp³-hybridized carbons (Fsp3) is 0.130. The normalized spacial score (nSPS) is 11.6. The molecule has 0 fully saturated rings. The molecule has 4 aromatic rings. The minimum absolute atomic E-state index is 0.862. The minimum atomic E-state index is -2.78. The van der Waals surface area contributed by atoms with Crippen molar-refractivity contribution in [2.45, 2.75) is 0 Å². The van der Waals surface area contributed by atoms with Gasteiger partial charge in [-0.2, -0.15) is 0 Å². The summed E-state index contributed by atoms with van der Waals surface area (Å²) in [5, 5.41) is 6.30. The summed E-state index contributed by atoms with van der Waals surface area (Å²) < 4.78 is 16.6. The molecule has 0 saturated carbocycles. The third-order valence-electron chi connectivity index (χ3n) is 5.02. The van der Waals surface area contributed by atoms with Crippen LogP contribution in [-0.2, 0) is 13.3 Å². The van der Waals surface area contributed by atoms with Crippen LogP contribution in [0.1, 0.15) is 0 Å². The van der Waals surface area contributed by atoms with Gasteiger partial charge in [0.15, 0.2) is 0 Å². The molecule has 0 N–H and O–H groups in total. The van der Waals surface area contributed by atoms with Crippen LogP contribution in [0.3, 0.4) is 0 Å². The van der Waals surface area contributed by atoms with Gasteiger partial charge in [-0.05, 0) is 26.7 Å². The molecule has 4 rings (SSSR count). The van der Waals surface area contributed by atoms with Gasteiger partial charge >= 0.3 is 58.5 Å². The van der Waals surface area contributed by atoms with Crippen molar-refractivity contribution in [1.29, 1.82) is 0 Å². The molecule has 3 nitrogen and oxygen atoms in total. The molecule has 0 aliphatic carbocycles. The second-order valence-corrected chi connectivity index (χ2v) is 33.1. The average Bonchev–Trinajstić information content (AvgIpc) is 2.85. The first-order valence-electron chi connectivity index (χ1n) is 10.1. The number of halogens is 6. The van der Waals surface area contributed by atoms with E-state index in [1.165, 1.54) is 0 Å². The van der Waals surface area contributed by atoms with Crippen LogP contribution in [0.4, 0.5) is 0 Å². The maximum atomic E-state index is 6.01. The molecule has 0 atom stereocenters. The topological polar surface area (TPSA) is 27.7 Å². The van der Waals surface area contributed by atoms with Gasteiger partial charge in [0, 0.05) is 26.5 Å². The molecular formula is C23H23BiCl6O3Si2. The van der Waals surface area contributed by atoms with Crippen LogP contribution in [0.2, 0.25) is 0 Å². The molecule has 0 bridgehead atoms. The van der Waals surface area contributed by atoms with Gasteiger partial charge in [-0.25, -0.2) is 0 Å². The Morgan fingerprint density at radius 2 is 0.886 bits per heavy atom. The van der Waals surface area contributed by atoms with Crippen molar-refractivity contribution in [1.82, 2.24) is 0 Å². The van der Waals surface area contributed by atoms with Crippen molar-refractivity contribution in [3.63, 3.8) is 0 Å². The van der Waals surface area contributed by atoms with Crippen molar-refractivity contribution < 1.29 is 13.3 Å². The summed E-state index contributed by atoms with van der Waals surface area (Å²) in [5.74, 6) is 0. The summed E-state index contributed by atoms with van der Waals surface area (Å²) in [6, 6.07) is 25.2. The molecule has 0 saturated heterocycles. The zero-order valence-electron chi connectivity index (χ0n) is 19.0. The Morgan fingerprint density at radius 1 is 0.543 bits per heavy atom. The van der Waals surface area contributed by atoms with E-state index in [4.69, 9.17) is 72.1 Å². The van der Waals surface area contributed by atoms with Crippen LogP contribution in [0.25, 0.3) is 21.5 Å². The average molecular weight is 825 g/mol. The molecule has 0 aliphatic heterocycles. The van der Waals surface area contributed by atoms with Gasteiger partial charge in [-0.1, -0.05) is 84.9 Å². The first-order chi connectivity index (χ1) is 16.6. The number of hydrogen-bond donors (Lipinski definition) is 0. The van der Waals surface area contributed by atoms with Gasteiger partial charge in [-0.15, -0.1) is 33.2 Å². The summed E-state index contributed by atoms with van der Waals surface area (Å²) >= 11 is 15.8. The van der Waals surface area contributed by atoms with Crippen molar-refractivity contribution in [2.24, 2.45) is 0 Å². The second kappa shape index (κ2) is 15.1. The van der Waals surface area contributed by atoms with Crippen molar-refractivity contribution in [3.8, 4) is 0 Å². The molecule has 188 valence electrons. The zero-order valence-corrected chi connectivity index (χ0v) is 29.0.